The van der Waals surface area contributed by atoms with Gasteiger partial charge in [-0.3, -0.25) is 14.5 Å². The molecule has 0 atom stereocenters. The highest BCUT2D eigenvalue weighted by Crippen LogP contribution is 2.32. The molecule has 4 rings (SSSR count). The number of thiocarbonyl (C=S) groups is 1. The molecule has 1 aromatic heterocycles. The summed E-state index contributed by atoms with van der Waals surface area (Å²) in [6.45, 7) is 0.360. The number of amides is 2. The van der Waals surface area contributed by atoms with Gasteiger partial charge in [0.05, 0.1) is 15.1 Å². The molecule has 1 N–H and O–H groups in total. The lowest BCUT2D eigenvalue weighted by Gasteiger charge is -2.13. The van der Waals surface area contributed by atoms with Gasteiger partial charge in [0.2, 0.25) is 5.91 Å². The van der Waals surface area contributed by atoms with E-state index in [0.29, 0.717) is 27.3 Å². The lowest BCUT2D eigenvalue weighted by atomic mass is 10.2. The van der Waals surface area contributed by atoms with Gasteiger partial charge in [-0.15, -0.1) is 0 Å². The number of halogens is 1. The Balaban J connectivity index is 1.31. The molecule has 3 aromatic rings. The number of anilines is 1. The zero-order chi connectivity index (χ0) is 21.1. The highest BCUT2D eigenvalue weighted by molar-refractivity contribution is 8.26. The minimum Gasteiger partial charge on any atom is -0.302 e. The molecule has 2 aromatic carbocycles. The molecule has 0 aliphatic carbocycles. The standard InChI is InChI=1S/C21H16FN3O2S3/c22-14-9-7-13(8-10-14)12-17-19(27)25(21(28)30-17)11-3-6-18(26)24-20-23-15-4-1-2-5-16(15)29-20/h1-2,4-5,7-10,12H,3,6,11H2,(H,23,24,26). The van der Waals surface area contributed by atoms with E-state index >= 15 is 0 Å². The highest BCUT2D eigenvalue weighted by Gasteiger charge is 2.31. The quantitative estimate of drug-likeness (QED) is 0.414. The number of fused-ring (bicyclic) bond motifs is 1. The average molecular weight is 458 g/mol. The molecule has 1 saturated heterocycles. The van der Waals surface area contributed by atoms with Gasteiger partial charge in [-0.05, 0) is 42.3 Å². The third-order valence-corrected chi connectivity index (χ3v) is 6.70. The second-order valence-electron chi connectivity index (χ2n) is 6.52. The van der Waals surface area contributed by atoms with E-state index in [1.54, 1.807) is 18.2 Å². The molecule has 1 aliphatic rings. The van der Waals surface area contributed by atoms with Crippen molar-refractivity contribution in [1.82, 2.24) is 9.88 Å². The Kier molecular flexibility index (Phi) is 6.21. The molecular formula is C21H16FN3O2S3. The summed E-state index contributed by atoms with van der Waals surface area (Å²) in [4.78, 5) is 31.2. The minimum atomic E-state index is -0.330. The SMILES string of the molecule is O=C(CCCN1C(=O)C(=Cc2ccc(F)cc2)SC1=S)Nc1nc2ccccc2s1. The summed E-state index contributed by atoms with van der Waals surface area (Å²) >= 11 is 7.95. The van der Waals surface area contributed by atoms with E-state index in [9.17, 15) is 14.0 Å². The normalized spacial score (nSPS) is 15.4. The summed E-state index contributed by atoms with van der Waals surface area (Å²) < 4.78 is 14.5. The van der Waals surface area contributed by atoms with Gasteiger partial charge in [0, 0.05) is 13.0 Å². The van der Waals surface area contributed by atoms with Crippen molar-refractivity contribution in [3.05, 3.63) is 64.8 Å². The molecule has 0 unspecified atom stereocenters. The molecule has 0 radical (unpaired) electrons. The Hall–Kier alpha value is -2.62. The maximum Gasteiger partial charge on any atom is 0.266 e. The number of carbonyl (C=O) groups excluding carboxylic acids is 2. The average Bonchev–Trinajstić information content (AvgIpc) is 3.24. The second-order valence-corrected chi connectivity index (χ2v) is 9.23. The van der Waals surface area contributed by atoms with Gasteiger partial charge in [-0.2, -0.15) is 0 Å². The van der Waals surface area contributed by atoms with E-state index in [4.69, 9.17) is 12.2 Å². The monoisotopic (exact) mass is 457 g/mol. The van der Waals surface area contributed by atoms with Gasteiger partial charge in [0.25, 0.3) is 5.91 Å². The number of nitrogens with one attached hydrogen (secondary N) is 1. The van der Waals surface area contributed by atoms with E-state index in [2.05, 4.69) is 10.3 Å². The molecule has 1 aliphatic heterocycles. The van der Waals surface area contributed by atoms with Gasteiger partial charge in [0.1, 0.15) is 10.1 Å². The fourth-order valence-corrected chi connectivity index (χ4v) is 5.10. The second kappa shape index (κ2) is 9.03. The van der Waals surface area contributed by atoms with E-state index in [1.807, 2.05) is 24.3 Å². The predicted octanol–water partition coefficient (Wildman–Crippen LogP) is 5.06. The van der Waals surface area contributed by atoms with Gasteiger partial charge in [-0.1, -0.05) is 59.6 Å². The zero-order valence-corrected chi connectivity index (χ0v) is 18.1. The summed E-state index contributed by atoms with van der Waals surface area (Å²) in [5, 5.41) is 3.37. The number of thiazole rings is 1. The zero-order valence-electron chi connectivity index (χ0n) is 15.6. The number of para-hydroxylation sites is 1. The van der Waals surface area contributed by atoms with Crippen LogP contribution in [-0.2, 0) is 9.59 Å². The summed E-state index contributed by atoms with van der Waals surface area (Å²) in [7, 11) is 0. The molecule has 0 bridgehead atoms. The maximum atomic E-state index is 13.0. The summed E-state index contributed by atoms with van der Waals surface area (Å²) in [5.74, 6) is -0.675. The van der Waals surface area contributed by atoms with Crippen LogP contribution in [0.5, 0.6) is 0 Å². The number of hydrogen-bond acceptors (Lipinski definition) is 6. The third kappa shape index (κ3) is 4.75. The van der Waals surface area contributed by atoms with Crippen molar-refractivity contribution in [2.75, 3.05) is 11.9 Å². The Morgan fingerprint density at radius 1 is 1.20 bits per heavy atom. The number of carbonyl (C=O) groups is 2. The number of nitrogens with zero attached hydrogens (tertiary/aromatic N) is 2. The maximum absolute atomic E-state index is 13.0. The predicted molar refractivity (Wildman–Crippen MR) is 124 cm³/mol. The van der Waals surface area contributed by atoms with Crippen LogP contribution in [-0.4, -0.2) is 32.6 Å². The molecule has 30 heavy (non-hydrogen) atoms. The van der Waals surface area contributed by atoms with Crippen LogP contribution in [0.1, 0.15) is 18.4 Å². The molecule has 5 nitrogen and oxygen atoms in total. The fraction of sp³-hybridized carbons (Fsp3) is 0.143. The molecule has 0 spiro atoms. The van der Waals surface area contributed by atoms with Crippen LogP contribution in [0, 0.1) is 5.82 Å². The van der Waals surface area contributed by atoms with Gasteiger partial charge in [0.15, 0.2) is 5.13 Å². The molecule has 1 fully saturated rings. The Morgan fingerprint density at radius 3 is 2.73 bits per heavy atom. The smallest absolute Gasteiger partial charge is 0.266 e. The van der Waals surface area contributed by atoms with Crippen LogP contribution in [0.4, 0.5) is 9.52 Å². The largest absolute Gasteiger partial charge is 0.302 e. The molecule has 152 valence electrons. The number of aromatic nitrogens is 1. The topological polar surface area (TPSA) is 62.3 Å². The van der Waals surface area contributed by atoms with E-state index in [-0.39, 0.29) is 24.1 Å². The molecule has 2 heterocycles. The molecular weight excluding hydrogens is 441 g/mol. The van der Waals surface area contributed by atoms with Gasteiger partial charge < -0.3 is 5.32 Å². The third-order valence-electron chi connectivity index (χ3n) is 4.37. The summed E-state index contributed by atoms with van der Waals surface area (Å²) in [6, 6.07) is 13.6. The lowest BCUT2D eigenvalue weighted by molar-refractivity contribution is -0.122. The van der Waals surface area contributed by atoms with Crippen molar-refractivity contribution in [1.29, 1.82) is 0 Å². The van der Waals surface area contributed by atoms with Gasteiger partial charge >= 0.3 is 0 Å². The van der Waals surface area contributed by atoms with Crippen LogP contribution in [0.15, 0.2) is 53.4 Å². The Bertz CT molecular complexity index is 1120. The van der Waals surface area contributed by atoms with Gasteiger partial charge in [-0.25, -0.2) is 9.37 Å². The number of thioether (sulfide) groups is 1. The Morgan fingerprint density at radius 2 is 1.97 bits per heavy atom. The van der Waals surface area contributed by atoms with Crippen molar-refractivity contribution in [2.45, 2.75) is 12.8 Å². The molecule has 9 heteroatoms. The summed E-state index contributed by atoms with van der Waals surface area (Å²) in [6.07, 6.45) is 2.43. The van der Waals surface area contributed by atoms with E-state index in [1.165, 1.54) is 40.1 Å². The van der Waals surface area contributed by atoms with E-state index < -0.39 is 0 Å². The molecule has 0 saturated carbocycles. The highest BCUT2D eigenvalue weighted by atomic mass is 32.2. The Labute approximate surface area is 186 Å². The first-order valence-electron chi connectivity index (χ1n) is 9.16. The van der Waals surface area contributed by atoms with Crippen LogP contribution in [0.2, 0.25) is 0 Å². The number of rotatable bonds is 6. The van der Waals surface area contributed by atoms with E-state index in [0.717, 1.165) is 15.8 Å². The molecule has 2 amide bonds. The minimum absolute atomic E-state index is 0.152. The van der Waals surface area contributed by atoms with Crippen molar-refractivity contribution in [3.63, 3.8) is 0 Å². The number of benzene rings is 2. The van der Waals surface area contributed by atoms with Crippen LogP contribution in [0.3, 0.4) is 0 Å². The first-order valence-corrected chi connectivity index (χ1v) is 11.2. The van der Waals surface area contributed by atoms with Crippen molar-refractivity contribution < 1.29 is 14.0 Å². The number of hydrogen-bond donors (Lipinski definition) is 1. The summed E-state index contributed by atoms with van der Waals surface area (Å²) in [5.41, 5.74) is 1.58. The van der Waals surface area contributed by atoms with Crippen LogP contribution >= 0.6 is 35.3 Å². The van der Waals surface area contributed by atoms with Crippen molar-refractivity contribution in [2.24, 2.45) is 0 Å². The van der Waals surface area contributed by atoms with Crippen LogP contribution < -0.4 is 5.32 Å². The van der Waals surface area contributed by atoms with Crippen molar-refractivity contribution >= 4 is 72.9 Å². The first-order chi connectivity index (χ1) is 14.5. The first kappa shape index (κ1) is 20.6. The fourth-order valence-electron chi connectivity index (χ4n) is 2.91. The van der Waals surface area contributed by atoms with Crippen molar-refractivity contribution in [3.8, 4) is 0 Å². The lowest BCUT2D eigenvalue weighted by Crippen LogP contribution is -2.29. The van der Waals surface area contributed by atoms with Crippen LogP contribution in [0.25, 0.3) is 16.3 Å².